The highest BCUT2D eigenvalue weighted by Gasteiger charge is 2.76. The molecule has 49 heavy (non-hydrogen) atoms. The average molecular weight is 674 g/mol. The molecule has 8 nitrogen and oxygen atoms in total. The number of carbonyl (C=O) groups excluding carboxylic acids is 3. The van der Waals surface area contributed by atoms with Crippen molar-refractivity contribution in [3.63, 3.8) is 0 Å². The first-order valence-electron chi connectivity index (χ1n) is 18.3. The van der Waals surface area contributed by atoms with E-state index in [1.54, 1.807) is 6.92 Å². The Hall–Kier alpha value is -3.07. The zero-order valence-corrected chi connectivity index (χ0v) is 30.1. The van der Waals surface area contributed by atoms with Gasteiger partial charge in [-0.2, -0.15) is 0 Å². The van der Waals surface area contributed by atoms with Crippen LogP contribution in [-0.4, -0.2) is 55.7 Å². The molecule has 2 unspecified atom stereocenters. The van der Waals surface area contributed by atoms with Crippen LogP contribution in [0.2, 0.25) is 0 Å². The molecule has 6 N–H and O–H groups in total. The lowest BCUT2D eigenvalue weighted by Gasteiger charge is -2.66. The molecule has 8 heteroatoms. The van der Waals surface area contributed by atoms with Crippen molar-refractivity contribution in [2.45, 2.75) is 117 Å². The fourth-order valence-corrected chi connectivity index (χ4v) is 11.1. The van der Waals surface area contributed by atoms with Gasteiger partial charge in [0.05, 0.1) is 17.6 Å². The van der Waals surface area contributed by atoms with Gasteiger partial charge >= 0.3 is 0 Å². The van der Waals surface area contributed by atoms with Crippen LogP contribution in [0.3, 0.4) is 0 Å². The highest BCUT2D eigenvalue weighted by molar-refractivity contribution is 6.10. The maximum atomic E-state index is 14.8. The van der Waals surface area contributed by atoms with Crippen molar-refractivity contribution in [1.82, 2.24) is 0 Å². The monoisotopic (exact) mass is 673 g/mol. The molecule has 0 radical (unpaired) electrons. The number of phenolic OH excluding ortho intramolecular Hbond substituents is 1. The lowest BCUT2D eigenvalue weighted by Crippen LogP contribution is -2.79. The van der Waals surface area contributed by atoms with Crippen molar-refractivity contribution in [1.29, 1.82) is 0 Å². The lowest BCUT2D eigenvalue weighted by atomic mass is 9.39. The first-order valence-corrected chi connectivity index (χ1v) is 18.3. The van der Waals surface area contributed by atoms with E-state index in [0.717, 1.165) is 23.5 Å². The van der Waals surface area contributed by atoms with Gasteiger partial charge in [-0.15, -0.1) is 0 Å². The summed E-state index contributed by atoms with van der Waals surface area (Å²) in [6.07, 6.45) is 2.94. The lowest BCUT2D eigenvalue weighted by molar-refractivity contribution is -0.265. The van der Waals surface area contributed by atoms with Gasteiger partial charge in [-0.05, 0) is 95.4 Å². The molecule has 6 rings (SSSR count). The molecule has 4 aliphatic carbocycles. The minimum Gasteiger partial charge on any atom is -0.507 e. The van der Waals surface area contributed by atoms with E-state index in [-0.39, 0.29) is 29.6 Å². The molecule has 0 heterocycles. The molecule has 0 bridgehead atoms. The Morgan fingerprint density at radius 3 is 2.27 bits per heavy atom. The number of primary amides is 1. The maximum Gasteiger partial charge on any atom is 0.230 e. The molecule has 0 aliphatic heterocycles. The minimum absolute atomic E-state index is 0.00677. The van der Waals surface area contributed by atoms with Crippen LogP contribution in [0.15, 0.2) is 30.3 Å². The number of phenols is 1. The topological polar surface area (TPSA) is 158 Å². The van der Waals surface area contributed by atoms with E-state index in [1.807, 2.05) is 39.0 Å². The molecule has 0 aromatic heterocycles. The minimum atomic E-state index is -2.53. The van der Waals surface area contributed by atoms with E-state index in [1.165, 1.54) is 31.2 Å². The molecule has 2 aromatic carbocycles. The van der Waals surface area contributed by atoms with E-state index in [4.69, 9.17) is 5.73 Å². The number of amides is 1. The maximum absolute atomic E-state index is 14.8. The number of ketones is 2. The zero-order valence-electron chi connectivity index (χ0n) is 30.1. The van der Waals surface area contributed by atoms with Crippen LogP contribution in [0, 0.1) is 46.3 Å². The number of hydrogen-bond donors (Lipinski definition) is 5. The van der Waals surface area contributed by atoms with Gasteiger partial charge in [-0.3, -0.25) is 14.4 Å². The summed E-state index contributed by atoms with van der Waals surface area (Å²) in [5.41, 5.74) is 5.06. The molecule has 1 amide bonds. The van der Waals surface area contributed by atoms with Crippen molar-refractivity contribution in [3.05, 3.63) is 52.6 Å². The van der Waals surface area contributed by atoms with Gasteiger partial charge in [-0.25, -0.2) is 0 Å². The van der Waals surface area contributed by atoms with Crippen LogP contribution in [0.1, 0.15) is 114 Å². The molecular weight excluding hydrogens is 618 g/mol. The molecule has 0 spiro atoms. The fraction of sp³-hybridized carbons (Fsp3) is 0.634. The molecular formula is C41H55NO7. The van der Waals surface area contributed by atoms with Gasteiger partial charge in [-0.1, -0.05) is 85.6 Å². The highest BCUT2D eigenvalue weighted by Crippen LogP contribution is 2.66. The summed E-state index contributed by atoms with van der Waals surface area (Å²) in [5, 5.41) is 48.1. The number of rotatable bonds is 6. The summed E-state index contributed by atoms with van der Waals surface area (Å²) < 4.78 is 0. The van der Waals surface area contributed by atoms with Crippen molar-refractivity contribution < 1.29 is 34.8 Å². The van der Waals surface area contributed by atoms with Gasteiger partial charge in [0.15, 0.2) is 17.2 Å². The van der Waals surface area contributed by atoms with E-state index in [0.29, 0.717) is 23.5 Å². The first kappa shape index (κ1) is 35.7. The Labute approximate surface area is 290 Å². The number of aliphatic hydroxyl groups is 3. The summed E-state index contributed by atoms with van der Waals surface area (Å²) >= 11 is 0. The fourth-order valence-electron chi connectivity index (χ4n) is 11.1. The molecule has 3 fully saturated rings. The molecule has 8 atom stereocenters. The second-order valence-corrected chi connectivity index (χ2v) is 17.4. The van der Waals surface area contributed by atoms with Crippen LogP contribution >= 0.6 is 0 Å². The Bertz CT molecular complexity index is 1670. The first-order chi connectivity index (χ1) is 22.9. The number of nitrogens with two attached hydrogens (primary N) is 1. The number of aliphatic hydroxyl groups excluding tert-OH is 2. The van der Waals surface area contributed by atoms with Gasteiger partial charge in [0.1, 0.15) is 17.8 Å². The van der Waals surface area contributed by atoms with E-state index in [9.17, 15) is 34.8 Å². The van der Waals surface area contributed by atoms with Gasteiger partial charge in [0.25, 0.3) is 0 Å². The Morgan fingerprint density at radius 1 is 1.02 bits per heavy atom. The van der Waals surface area contributed by atoms with Crippen LogP contribution in [0.4, 0.5) is 0 Å². The third kappa shape index (κ3) is 5.31. The molecule has 0 saturated heterocycles. The highest BCUT2D eigenvalue weighted by atomic mass is 16.4. The summed E-state index contributed by atoms with van der Waals surface area (Å²) in [4.78, 5) is 41.5. The zero-order chi connectivity index (χ0) is 36.0. The number of fused-ring (bicyclic) bond motifs is 3. The Morgan fingerprint density at radius 2 is 1.67 bits per heavy atom. The Kier molecular flexibility index (Phi) is 8.98. The summed E-state index contributed by atoms with van der Waals surface area (Å²) in [5.74, 6) is -5.49. The average Bonchev–Trinajstić information content (AvgIpc) is 3.00. The number of benzene rings is 2. The summed E-state index contributed by atoms with van der Waals surface area (Å²) in [6.45, 7) is 13.7. The van der Waals surface area contributed by atoms with Crippen LogP contribution in [0.25, 0.3) is 11.1 Å². The third-order valence-electron chi connectivity index (χ3n) is 13.3. The van der Waals surface area contributed by atoms with E-state index >= 15 is 0 Å². The molecule has 3 saturated carbocycles. The standard InChI is InChI=1S/C41H55NO7/c1-20(2)26-17-27(25-10-8-9-24(16-25)15-23-13-11-22(5)12-14-23)33(43)29-28(26)18-39(6)19-40(7)31(21(3)4)35(45)30(38(42)48)36(46)41(40,49)37(47)32(39)34(29)44/h8-10,16-17,20-23,30-32,35,37,43,45,47,49H,11-15,18-19H2,1-7H3,(H2,42,48)/t22?,23?,30-,31+,32-,35?,37?,39-,40-,41+/m1/s1. The SMILES string of the molecule is CC1CCC(Cc2cccc(-c3cc(C(C)C)c4c(c3O)C(=O)[C@@H]3C(O)[C@@]5(O)C(=O)[C@H](C(N)=O)C(O)[C@H](C(C)C)[C@@]5(C)C[C@@]3(C)C4)c2)CC1. The van der Waals surface area contributed by atoms with Crippen molar-refractivity contribution in [2.24, 2.45) is 52.1 Å². The van der Waals surface area contributed by atoms with Crippen molar-refractivity contribution >= 4 is 17.5 Å². The number of Topliss-reactive ketones (excluding diaryl/α,β-unsaturated/α-hetero) is 2. The number of aromatic hydroxyl groups is 1. The van der Waals surface area contributed by atoms with Crippen molar-refractivity contribution in [3.8, 4) is 16.9 Å². The quantitative estimate of drug-likeness (QED) is 0.245. The largest absolute Gasteiger partial charge is 0.507 e. The predicted octanol–water partition coefficient (Wildman–Crippen LogP) is 5.73. The smallest absolute Gasteiger partial charge is 0.230 e. The second-order valence-electron chi connectivity index (χ2n) is 17.4. The molecule has 4 aliphatic rings. The van der Waals surface area contributed by atoms with E-state index < -0.39 is 63.9 Å². The molecule has 2 aromatic rings. The molecule has 266 valence electrons. The number of carbonyl (C=O) groups is 3. The normalized spacial score (nSPS) is 37.5. The Balaban J connectivity index is 1.47. The summed E-state index contributed by atoms with van der Waals surface area (Å²) in [6, 6.07) is 10.2. The second kappa shape index (κ2) is 12.3. The van der Waals surface area contributed by atoms with Gasteiger partial charge in [0.2, 0.25) is 5.91 Å². The third-order valence-corrected chi connectivity index (χ3v) is 13.3. The summed E-state index contributed by atoms with van der Waals surface area (Å²) in [7, 11) is 0. The van der Waals surface area contributed by atoms with Crippen LogP contribution in [0.5, 0.6) is 5.75 Å². The van der Waals surface area contributed by atoms with Gasteiger partial charge in [0, 0.05) is 11.0 Å². The predicted molar refractivity (Wildman–Crippen MR) is 188 cm³/mol. The van der Waals surface area contributed by atoms with Crippen molar-refractivity contribution in [2.75, 3.05) is 0 Å². The van der Waals surface area contributed by atoms with Crippen LogP contribution < -0.4 is 5.73 Å². The van der Waals surface area contributed by atoms with E-state index in [2.05, 4.69) is 32.9 Å². The van der Waals surface area contributed by atoms with Gasteiger partial charge < -0.3 is 26.2 Å². The number of hydrogen-bond acceptors (Lipinski definition) is 7. The van der Waals surface area contributed by atoms with Crippen LogP contribution in [-0.2, 0) is 22.4 Å².